The highest BCUT2D eigenvalue weighted by atomic mass is 16.5. The predicted octanol–water partition coefficient (Wildman–Crippen LogP) is 2.59. The summed E-state index contributed by atoms with van der Waals surface area (Å²) in [5.74, 6) is 0.631. The van der Waals surface area contributed by atoms with Crippen LogP contribution in [-0.4, -0.2) is 50.2 Å². The first-order chi connectivity index (χ1) is 9.63. The largest absolute Gasteiger partial charge is 0.389 e. The number of ether oxygens (including phenoxy) is 2. The Labute approximate surface area is 125 Å². The van der Waals surface area contributed by atoms with Gasteiger partial charge in [-0.1, -0.05) is 33.1 Å². The summed E-state index contributed by atoms with van der Waals surface area (Å²) < 4.78 is 11.0. The quantitative estimate of drug-likeness (QED) is 0.516. The van der Waals surface area contributed by atoms with Crippen molar-refractivity contribution in [3.8, 4) is 0 Å². The summed E-state index contributed by atoms with van der Waals surface area (Å²) in [6, 6.07) is 0.262. The monoisotopic (exact) mass is 289 g/mol. The van der Waals surface area contributed by atoms with E-state index in [1.807, 2.05) is 6.92 Å². The molecule has 0 fully saturated rings. The minimum atomic E-state index is -0.442. The number of rotatable bonds is 14. The van der Waals surface area contributed by atoms with Crippen LogP contribution in [-0.2, 0) is 9.47 Å². The molecule has 20 heavy (non-hydrogen) atoms. The normalized spacial score (nSPS) is 16.1. The van der Waals surface area contributed by atoms with Crippen LogP contribution in [0.1, 0.15) is 53.4 Å². The van der Waals surface area contributed by atoms with Gasteiger partial charge in [0.05, 0.1) is 19.3 Å². The van der Waals surface area contributed by atoms with Gasteiger partial charge in [0.1, 0.15) is 0 Å². The average molecular weight is 289 g/mol. The second-order valence-electron chi connectivity index (χ2n) is 5.58. The first-order valence-corrected chi connectivity index (χ1v) is 8.20. The van der Waals surface area contributed by atoms with E-state index < -0.39 is 6.10 Å². The lowest BCUT2D eigenvalue weighted by Crippen LogP contribution is -2.38. The van der Waals surface area contributed by atoms with Crippen LogP contribution in [0.2, 0.25) is 0 Å². The van der Waals surface area contributed by atoms with Gasteiger partial charge in [-0.3, -0.25) is 0 Å². The maximum absolute atomic E-state index is 9.86. The molecule has 0 aromatic rings. The molecule has 122 valence electrons. The van der Waals surface area contributed by atoms with Gasteiger partial charge in [-0.05, 0) is 26.2 Å². The first-order valence-electron chi connectivity index (χ1n) is 8.20. The summed E-state index contributed by atoms with van der Waals surface area (Å²) >= 11 is 0. The van der Waals surface area contributed by atoms with Crippen molar-refractivity contribution in [1.29, 1.82) is 0 Å². The number of hydrogen-bond donors (Lipinski definition) is 2. The molecule has 2 N–H and O–H groups in total. The Hall–Kier alpha value is -0.160. The molecule has 0 amide bonds. The van der Waals surface area contributed by atoms with Crippen molar-refractivity contribution < 1.29 is 14.6 Å². The highest BCUT2D eigenvalue weighted by molar-refractivity contribution is 4.65. The fourth-order valence-electron chi connectivity index (χ4n) is 2.02. The third kappa shape index (κ3) is 11.6. The summed E-state index contributed by atoms with van der Waals surface area (Å²) in [6.45, 7) is 11.6. The van der Waals surface area contributed by atoms with E-state index in [0.717, 1.165) is 19.6 Å². The standard InChI is InChI=1S/C16H35NO3/c1-5-8-9-15(6-2)12-20-13-16(18)10-17-14(4)11-19-7-3/h14-18H,5-13H2,1-4H3. The van der Waals surface area contributed by atoms with E-state index in [0.29, 0.717) is 25.7 Å². The van der Waals surface area contributed by atoms with Gasteiger partial charge >= 0.3 is 0 Å². The summed E-state index contributed by atoms with van der Waals surface area (Å²) in [5, 5.41) is 13.1. The Morgan fingerprint density at radius 1 is 1.05 bits per heavy atom. The zero-order valence-corrected chi connectivity index (χ0v) is 13.9. The summed E-state index contributed by atoms with van der Waals surface area (Å²) in [4.78, 5) is 0. The summed E-state index contributed by atoms with van der Waals surface area (Å²) in [6.07, 6.45) is 4.44. The van der Waals surface area contributed by atoms with Crippen molar-refractivity contribution >= 4 is 0 Å². The van der Waals surface area contributed by atoms with Crippen LogP contribution >= 0.6 is 0 Å². The van der Waals surface area contributed by atoms with Crippen molar-refractivity contribution in [3.05, 3.63) is 0 Å². The van der Waals surface area contributed by atoms with E-state index in [1.165, 1.54) is 19.3 Å². The number of hydrogen-bond acceptors (Lipinski definition) is 4. The lowest BCUT2D eigenvalue weighted by atomic mass is 10.0. The van der Waals surface area contributed by atoms with Crippen molar-refractivity contribution in [2.24, 2.45) is 5.92 Å². The van der Waals surface area contributed by atoms with Gasteiger partial charge in [0.15, 0.2) is 0 Å². The minimum absolute atomic E-state index is 0.262. The molecular formula is C16H35NO3. The van der Waals surface area contributed by atoms with Crippen LogP contribution in [0.5, 0.6) is 0 Å². The molecule has 0 aliphatic heterocycles. The van der Waals surface area contributed by atoms with Crippen molar-refractivity contribution in [2.75, 3.05) is 33.0 Å². The van der Waals surface area contributed by atoms with Crippen molar-refractivity contribution in [2.45, 2.75) is 65.5 Å². The smallest absolute Gasteiger partial charge is 0.0897 e. The molecule has 0 radical (unpaired) electrons. The van der Waals surface area contributed by atoms with Crippen LogP contribution in [0, 0.1) is 5.92 Å². The zero-order chi connectivity index (χ0) is 15.2. The van der Waals surface area contributed by atoms with E-state index in [4.69, 9.17) is 9.47 Å². The maximum atomic E-state index is 9.86. The molecule has 3 atom stereocenters. The second-order valence-corrected chi connectivity index (χ2v) is 5.58. The highest BCUT2D eigenvalue weighted by Gasteiger charge is 2.10. The molecule has 0 aliphatic rings. The first kappa shape index (κ1) is 19.8. The molecular weight excluding hydrogens is 254 g/mol. The van der Waals surface area contributed by atoms with Crippen LogP contribution < -0.4 is 5.32 Å². The van der Waals surface area contributed by atoms with Gasteiger partial charge in [0.2, 0.25) is 0 Å². The van der Waals surface area contributed by atoms with Crippen molar-refractivity contribution in [1.82, 2.24) is 5.32 Å². The third-order valence-corrected chi connectivity index (χ3v) is 3.48. The van der Waals surface area contributed by atoms with Gasteiger partial charge in [-0.25, -0.2) is 0 Å². The topological polar surface area (TPSA) is 50.7 Å². The zero-order valence-electron chi connectivity index (χ0n) is 13.9. The molecule has 0 aliphatic carbocycles. The Morgan fingerprint density at radius 2 is 1.80 bits per heavy atom. The number of aliphatic hydroxyl groups is 1. The molecule has 0 saturated carbocycles. The Bertz CT molecular complexity index is 202. The molecule has 3 unspecified atom stereocenters. The second kappa shape index (κ2) is 13.8. The molecule has 0 rings (SSSR count). The number of aliphatic hydroxyl groups excluding tert-OH is 1. The van der Waals surface area contributed by atoms with Crippen LogP contribution in [0.15, 0.2) is 0 Å². The summed E-state index contributed by atoms with van der Waals surface area (Å²) in [7, 11) is 0. The average Bonchev–Trinajstić information content (AvgIpc) is 2.46. The van der Waals surface area contributed by atoms with Crippen LogP contribution in [0.3, 0.4) is 0 Å². The minimum Gasteiger partial charge on any atom is -0.389 e. The SMILES string of the molecule is CCCCC(CC)COCC(O)CNC(C)COCC. The summed E-state index contributed by atoms with van der Waals surface area (Å²) in [5.41, 5.74) is 0. The van der Waals surface area contributed by atoms with Gasteiger partial charge in [0, 0.05) is 25.8 Å². The van der Waals surface area contributed by atoms with Gasteiger partial charge < -0.3 is 19.9 Å². The third-order valence-electron chi connectivity index (χ3n) is 3.48. The molecule has 4 heteroatoms. The van der Waals surface area contributed by atoms with Crippen LogP contribution in [0.25, 0.3) is 0 Å². The molecule has 4 nitrogen and oxygen atoms in total. The van der Waals surface area contributed by atoms with Gasteiger partial charge in [-0.15, -0.1) is 0 Å². The van der Waals surface area contributed by atoms with Crippen molar-refractivity contribution in [3.63, 3.8) is 0 Å². The number of nitrogens with one attached hydrogen (secondary N) is 1. The molecule has 0 aromatic heterocycles. The Balaban J connectivity index is 3.58. The molecule has 0 saturated heterocycles. The fourth-order valence-corrected chi connectivity index (χ4v) is 2.02. The van der Waals surface area contributed by atoms with E-state index in [2.05, 4.69) is 26.1 Å². The lowest BCUT2D eigenvalue weighted by Gasteiger charge is -2.19. The van der Waals surface area contributed by atoms with E-state index in [1.54, 1.807) is 0 Å². The maximum Gasteiger partial charge on any atom is 0.0897 e. The van der Waals surface area contributed by atoms with Gasteiger partial charge in [0.25, 0.3) is 0 Å². The number of unbranched alkanes of at least 4 members (excludes halogenated alkanes) is 1. The Morgan fingerprint density at radius 3 is 2.40 bits per heavy atom. The molecule has 0 bridgehead atoms. The fraction of sp³-hybridized carbons (Fsp3) is 1.00. The molecule has 0 aromatic carbocycles. The van der Waals surface area contributed by atoms with E-state index >= 15 is 0 Å². The molecule has 0 heterocycles. The predicted molar refractivity (Wildman–Crippen MR) is 84.1 cm³/mol. The van der Waals surface area contributed by atoms with Crippen LogP contribution in [0.4, 0.5) is 0 Å². The van der Waals surface area contributed by atoms with E-state index in [9.17, 15) is 5.11 Å². The molecule has 0 spiro atoms. The lowest BCUT2D eigenvalue weighted by molar-refractivity contribution is 0.0168. The van der Waals surface area contributed by atoms with Gasteiger partial charge in [-0.2, -0.15) is 0 Å². The van der Waals surface area contributed by atoms with E-state index in [-0.39, 0.29) is 6.04 Å². The Kier molecular flexibility index (Phi) is 13.7. The highest BCUT2D eigenvalue weighted by Crippen LogP contribution is 2.12.